The van der Waals surface area contributed by atoms with E-state index in [-0.39, 0.29) is 22.8 Å². The van der Waals surface area contributed by atoms with Crippen molar-refractivity contribution >= 4 is 40.8 Å². The van der Waals surface area contributed by atoms with Gasteiger partial charge in [-0.05, 0) is 29.8 Å². The van der Waals surface area contributed by atoms with Crippen LogP contribution in [0.3, 0.4) is 0 Å². The minimum Gasteiger partial charge on any atom is -0.494 e. The summed E-state index contributed by atoms with van der Waals surface area (Å²) in [6.45, 7) is 0. The van der Waals surface area contributed by atoms with E-state index in [0.717, 1.165) is 0 Å². The monoisotopic (exact) mass is 353 g/mol. The summed E-state index contributed by atoms with van der Waals surface area (Å²) in [6, 6.07) is 9.45. The van der Waals surface area contributed by atoms with Gasteiger partial charge in [-0.3, -0.25) is 9.59 Å². The lowest BCUT2D eigenvalue weighted by atomic mass is 10.1. The average Bonchev–Trinajstić information content (AvgIpc) is 2.48. The number of carbonyl (C=O) groups is 2. The third-order valence-electron chi connectivity index (χ3n) is 3.02. The van der Waals surface area contributed by atoms with Gasteiger partial charge in [0.15, 0.2) is 0 Å². The largest absolute Gasteiger partial charge is 0.494 e. The number of ether oxygens (including phenoxy) is 1. The first-order valence-electron chi connectivity index (χ1n) is 6.56. The van der Waals surface area contributed by atoms with E-state index < -0.39 is 11.9 Å². The molecule has 0 unspecified atom stereocenters. The zero-order chi connectivity index (χ0) is 17.0. The molecule has 2 aromatic carbocycles. The molecule has 0 aliphatic heterocycles. The molecule has 7 heteroatoms. The van der Waals surface area contributed by atoms with E-state index in [2.05, 4.69) is 5.32 Å². The van der Waals surface area contributed by atoms with Crippen LogP contribution in [0.15, 0.2) is 36.4 Å². The van der Waals surface area contributed by atoms with Crippen LogP contribution >= 0.6 is 23.2 Å². The third kappa shape index (κ3) is 4.37. The molecular weight excluding hydrogens is 341 g/mol. The fourth-order valence-corrected chi connectivity index (χ4v) is 2.59. The van der Waals surface area contributed by atoms with Gasteiger partial charge < -0.3 is 15.2 Å². The highest BCUT2D eigenvalue weighted by Crippen LogP contribution is 2.32. The van der Waals surface area contributed by atoms with Gasteiger partial charge in [0.1, 0.15) is 5.75 Å². The average molecular weight is 354 g/mol. The van der Waals surface area contributed by atoms with Gasteiger partial charge in [0.05, 0.1) is 24.1 Å². The molecule has 0 aliphatic rings. The number of benzene rings is 2. The van der Waals surface area contributed by atoms with E-state index >= 15 is 0 Å². The molecule has 0 heterocycles. The summed E-state index contributed by atoms with van der Waals surface area (Å²) in [4.78, 5) is 23.0. The van der Waals surface area contributed by atoms with Crippen molar-refractivity contribution in [1.82, 2.24) is 0 Å². The van der Waals surface area contributed by atoms with Gasteiger partial charge in [-0.2, -0.15) is 0 Å². The number of carbonyl (C=O) groups excluding carboxylic acids is 1. The van der Waals surface area contributed by atoms with Crippen molar-refractivity contribution in [1.29, 1.82) is 0 Å². The SMILES string of the molecule is COc1c(Cl)cc(Cl)cc1C(=O)Nc1ccc(CC(=O)O)cc1. The summed E-state index contributed by atoms with van der Waals surface area (Å²) < 4.78 is 5.14. The quantitative estimate of drug-likeness (QED) is 0.854. The van der Waals surface area contributed by atoms with Crippen LogP contribution in [0.2, 0.25) is 10.0 Å². The number of nitrogens with one attached hydrogen (secondary N) is 1. The predicted molar refractivity (Wildman–Crippen MR) is 88.7 cm³/mol. The molecule has 5 nitrogen and oxygen atoms in total. The van der Waals surface area contributed by atoms with Crippen molar-refractivity contribution in [2.24, 2.45) is 0 Å². The van der Waals surface area contributed by atoms with Gasteiger partial charge in [-0.25, -0.2) is 0 Å². The Kier molecular flexibility index (Phi) is 5.47. The first kappa shape index (κ1) is 17.1. The van der Waals surface area contributed by atoms with Gasteiger partial charge in [0, 0.05) is 10.7 Å². The first-order valence-corrected chi connectivity index (χ1v) is 7.31. The zero-order valence-corrected chi connectivity index (χ0v) is 13.6. The molecule has 0 saturated carbocycles. The highest BCUT2D eigenvalue weighted by Gasteiger charge is 2.17. The highest BCUT2D eigenvalue weighted by atomic mass is 35.5. The smallest absolute Gasteiger partial charge is 0.307 e. The minimum absolute atomic E-state index is 0.0774. The number of carboxylic acids is 1. The van der Waals surface area contributed by atoms with E-state index in [1.807, 2.05) is 0 Å². The Balaban J connectivity index is 2.21. The maximum absolute atomic E-state index is 12.4. The number of hydrogen-bond donors (Lipinski definition) is 2. The molecule has 1 amide bonds. The van der Waals surface area contributed by atoms with Crippen molar-refractivity contribution < 1.29 is 19.4 Å². The molecule has 23 heavy (non-hydrogen) atoms. The number of methoxy groups -OCH3 is 1. The molecule has 0 atom stereocenters. The van der Waals surface area contributed by atoms with Gasteiger partial charge >= 0.3 is 5.97 Å². The number of anilines is 1. The minimum atomic E-state index is -0.917. The molecule has 0 fully saturated rings. The zero-order valence-electron chi connectivity index (χ0n) is 12.1. The van der Waals surface area contributed by atoms with Gasteiger partial charge in [0.25, 0.3) is 5.91 Å². The molecule has 0 bridgehead atoms. The lowest BCUT2D eigenvalue weighted by Gasteiger charge is -2.11. The van der Waals surface area contributed by atoms with Crippen molar-refractivity contribution in [2.75, 3.05) is 12.4 Å². The van der Waals surface area contributed by atoms with Crippen LogP contribution in [0.1, 0.15) is 15.9 Å². The van der Waals surface area contributed by atoms with Crippen LogP contribution < -0.4 is 10.1 Å². The Morgan fingerprint density at radius 2 is 1.83 bits per heavy atom. The van der Waals surface area contributed by atoms with Crippen LogP contribution in [-0.4, -0.2) is 24.1 Å². The second-order valence-electron chi connectivity index (χ2n) is 4.69. The molecule has 2 rings (SSSR count). The normalized spacial score (nSPS) is 10.2. The lowest BCUT2D eigenvalue weighted by molar-refractivity contribution is -0.136. The summed E-state index contributed by atoms with van der Waals surface area (Å²) in [5, 5.41) is 12.0. The van der Waals surface area contributed by atoms with Crippen molar-refractivity contribution in [2.45, 2.75) is 6.42 Å². The van der Waals surface area contributed by atoms with Crippen LogP contribution in [0, 0.1) is 0 Å². The number of hydrogen-bond acceptors (Lipinski definition) is 3. The molecule has 2 aromatic rings. The lowest BCUT2D eigenvalue weighted by Crippen LogP contribution is -2.13. The molecule has 0 radical (unpaired) electrons. The summed E-state index contributed by atoms with van der Waals surface area (Å²) in [7, 11) is 1.41. The van der Waals surface area contributed by atoms with Crippen molar-refractivity contribution in [3.05, 3.63) is 57.6 Å². The van der Waals surface area contributed by atoms with Gasteiger partial charge in [-0.15, -0.1) is 0 Å². The standard InChI is InChI=1S/C16H13Cl2NO4/c1-23-15-12(7-10(17)8-13(15)18)16(22)19-11-4-2-9(3-5-11)6-14(20)21/h2-5,7-8H,6H2,1H3,(H,19,22)(H,20,21). The van der Waals surface area contributed by atoms with E-state index in [1.165, 1.54) is 19.2 Å². The van der Waals surface area contributed by atoms with Crippen molar-refractivity contribution in [3.63, 3.8) is 0 Å². The number of rotatable bonds is 5. The Hall–Kier alpha value is -2.24. The van der Waals surface area contributed by atoms with Crippen LogP contribution in [-0.2, 0) is 11.2 Å². The number of carboxylic acid groups (broad SMARTS) is 1. The topological polar surface area (TPSA) is 75.6 Å². The highest BCUT2D eigenvalue weighted by molar-refractivity contribution is 6.36. The Morgan fingerprint density at radius 1 is 1.17 bits per heavy atom. The first-order chi connectivity index (χ1) is 10.9. The van der Waals surface area contributed by atoms with E-state index in [9.17, 15) is 9.59 Å². The molecular formula is C16H13Cl2NO4. The van der Waals surface area contributed by atoms with Crippen LogP contribution in [0.4, 0.5) is 5.69 Å². The van der Waals surface area contributed by atoms with Crippen molar-refractivity contribution in [3.8, 4) is 5.75 Å². The molecule has 0 saturated heterocycles. The fourth-order valence-electron chi connectivity index (χ4n) is 2.02. The maximum Gasteiger partial charge on any atom is 0.307 e. The molecule has 2 N–H and O–H groups in total. The van der Waals surface area contributed by atoms with Crippen LogP contribution in [0.25, 0.3) is 0 Å². The second-order valence-corrected chi connectivity index (χ2v) is 5.53. The second kappa shape index (κ2) is 7.35. The maximum atomic E-state index is 12.4. The molecule has 0 spiro atoms. The molecule has 120 valence electrons. The van der Waals surface area contributed by atoms with E-state index in [0.29, 0.717) is 16.3 Å². The van der Waals surface area contributed by atoms with E-state index in [1.54, 1.807) is 24.3 Å². The van der Waals surface area contributed by atoms with E-state index in [4.69, 9.17) is 33.0 Å². The fraction of sp³-hybridized carbons (Fsp3) is 0.125. The number of halogens is 2. The predicted octanol–water partition coefficient (Wildman–Crippen LogP) is 3.88. The Labute approximate surface area is 142 Å². The number of aliphatic carboxylic acids is 1. The molecule has 0 aromatic heterocycles. The van der Waals surface area contributed by atoms with Gasteiger partial charge in [0.2, 0.25) is 0 Å². The Bertz CT molecular complexity index is 744. The molecule has 0 aliphatic carbocycles. The summed E-state index contributed by atoms with van der Waals surface area (Å²) in [5.74, 6) is -1.12. The summed E-state index contributed by atoms with van der Waals surface area (Å²) in [6.07, 6.45) is -0.0774. The van der Waals surface area contributed by atoms with Gasteiger partial charge in [-0.1, -0.05) is 35.3 Å². The third-order valence-corrected chi connectivity index (χ3v) is 3.52. The summed E-state index contributed by atoms with van der Waals surface area (Å²) >= 11 is 11.9. The number of amides is 1. The Morgan fingerprint density at radius 3 is 2.39 bits per heavy atom. The summed E-state index contributed by atoms with van der Waals surface area (Å²) in [5.41, 5.74) is 1.36. The van der Waals surface area contributed by atoms with Crippen LogP contribution in [0.5, 0.6) is 5.75 Å².